The topological polar surface area (TPSA) is 78.3 Å². The Morgan fingerprint density at radius 1 is 1.41 bits per heavy atom. The number of nitrogen functional groups attached to an aromatic ring is 1. The van der Waals surface area contributed by atoms with Crippen LogP contribution in [0.2, 0.25) is 5.02 Å². The number of ether oxygens (including phenoxy) is 1. The number of rotatable bonds is 3. The van der Waals surface area contributed by atoms with Crippen LogP contribution in [0.5, 0.6) is 5.75 Å². The van der Waals surface area contributed by atoms with E-state index in [1.54, 1.807) is 0 Å². The number of hydrogen-bond acceptors (Lipinski definition) is 3. The van der Waals surface area contributed by atoms with Crippen molar-refractivity contribution in [2.75, 3.05) is 12.3 Å². The van der Waals surface area contributed by atoms with Crippen molar-refractivity contribution in [1.29, 1.82) is 0 Å². The summed E-state index contributed by atoms with van der Waals surface area (Å²) < 4.78 is 40.4. The van der Waals surface area contributed by atoms with Crippen molar-refractivity contribution in [2.45, 2.75) is 6.18 Å². The number of nitrogens with two attached hydrogens (primary N) is 2. The SMILES string of the molecule is NC(=O)c1cc(N)cc(Cl)c1OCC(F)(F)F. The Morgan fingerprint density at radius 2 is 2.00 bits per heavy atom. The largest absolute Gasteiger partial charge is 0.482 e. The van der Waals surface area contributed by atoms with Crippen molar-refractivity contribution >= 4 is 23.2 Å². The number of carbonyl (C=O) groups is 1. The quantitative estimate of drug-likeness (QED) is 0.823. The molecule has 0 saturated carbocycles. The Balaban J connectivity index is 3.09. The number of anilines is 1. The predicted molar refractivity (Wildman–Crippen MR) is 55.9 cm³/mol. The summed E-state index contributed by atoms with van der Waals surface area (Å²) in [6, 6.07) is 2.26. The average molecular weight is 269 g/mol. The zero-order chi connectivity index (χ0) is 13.2. The second kappa shape index (κ2) is 4.70. The van der Waals surface area contributed by atoms with Gasteiger partial charge in [0, 0.05) is 5.69 Å². The summed E-state index contributed by atoms with van der Waals surface area (Å²) in [5, 5.41) is -0.206. The Labute approximate surface area is 99.3 Å². The van der Waals surface area contributed by atoms with Gasteiger partial charge in [-0.2, -0.15) is 13.2 Å². The van der Waals surface area contributed by atoms with Crippen molar-refractivity contribution in [3.05, 3.63) is 22.7 Å². The monoisotopic (exact) mass is 268 g/mol. The fraction of sp³-hybridized carbons (Fsp3) is 0.222. The van der Waals surface area contributed by atoms with Gasteiger partial charge in [0.2, 0.25) is 0 Å². The molecule has 0 aliphatic rings. The molecular formula is C9H8ClF3N2O2. The lowest BCUT2D eigenvalue weighted by Crippen LogP contribution is -2.21. The first-order chi connectivity index (χ1) is 7.70. The van der Waals surface area contributed by atoms with Crippen LogP contribution in [0.15, 0.2) is 12.1 Å². The van der Waals surface area contributed by atoms with Crippen LogP contribution in [-0.4, -0.2) is 18.7 Å². The molecule has 94 valence electrons. The van der Waals surface area contributed by atoms with Gasteiger partial charge in [-0.1, -0.05) is 11.6 Å². The van der Waals surface area contributed by atoms with Crippen molar-refractivity contribution in [2.24, 2.45) is 5.73 Å². The van der Waals surface area contributed by atoms with Gasteiger partial charge in [0.05, 0.1) is 10.6 Å². The van der Waals surface area contributed by atoms with E-state index in [0.29, 0.717) is 0 Å². The van der Waals surface area contributed by atoms with Crippen LogP contribution in [0.1, 0.15) is 10.4 Å². The molecule has 0 heterocycles. The maximum absolute atomic E-state index is 12.0. The molecule has 1 rings (SSSR count). The van der Waals surface area contributed by atoms with Gasteiger partial charge in [-0.25, -0.2) is 0 Å². The first kappa shape index (κ1) is 13.4. The molecule has 0 atom stereocenters. The number of amides is 1. The van der Waals surface area contributed by atoms with Gasteiger partial charge >= 0.3 is 6.18 Å². The van der Waals surface area contributed by atoms with E-state index in [9.17, 15) is 18.0 Å². The molecule has 17 heavy (non-hydrogen) atoms. The summed E-state index contributed by atoms with van der Waals surface area (Å²) in [5.41, 5.74) is 10.2. The molecule has 0 spiro atoms. The van der Waals surface area contributed by atoms with Crippen molar-refractivity contribution in [3.8, 4) is 5.75 Å². The van der Waals surface area contributed by atoms with Crippen LogP contribution in [0.4, 0.5) is 18.9 Å². The third kappa shape index (κ3) is 3.70. The van der Waals surface area contributed by atoms with E-state index in [1.807, 2.05) is 0 Å². The Hall–Kier alpha value is -1.63. The molecule has 0 saturated heterocycles. The summed E-state index contributed by atoms with van der Waals surface area (Å²) in [4.78, 5) is 11.0. The van der Waals surface area contributed by atoms with Crippen molar-refractivity contribution in [3.63, 3.8) is 0 Å². The molecule has 1 aromatic rings. The number of alkyl halides is 3. The van der Waals surface area contributed by atoms with Crippen LogP contribution in [0, 0.1) is 0 Å². The average Bonchev–Trinajstić information content (AvgIpc) is 2.13. The van der Waals surface area contributed by atoms with Gasteiger partial charge in [0.25, 0.3) is 5.91 Å². The second-order valence-electron chi connectivity index (χ2n) is 3.15. The number of halogens is 4. The van der Waals surface area contributed by atoms with Crippen LogP contribution >= 0.6 is 11.6 Å². The highest BCUT2D eigenvalue weighted by Gasteiger charge is 2.29. The highest BCUT2D eigenvalue weighted by atomic mass is 35.5. The molecule has 8 heteroatoms. The van der Waals surface area contributed by atoms with Crippen LogP contribution in [0.3, 0.4) is 0 Å². The van der Waals surface area contributed by atoms with E-state index >= 15 is 0 Å². The molecule has 4 nitrogen and oxygen atoms in total. The van der Waals surface area contributed by atoms with Gasteiger partial charge < -0.3 is 16.2 Å². The number of primary amides is 1. The summed E-state index contributed by atoms with van der Waals surface area (Å²) in [7, 11) is 0. The minimum absolute atomic E-state index is 0.100. The lowest BCUT2D eigenvalue weighted by molar-refractivity contribution is -0.153. The minimum Gasteiger partial charge on any atom is -0.482 e. The summed E-state index contributed by atoms with van der Waals surface area (Å²) in [5.74, 6) is -1.40. The highest BCUT2D eigenvalue weighted by molar-refractivity contribution is 6.33. The normalized spacial score (nSPS) is 11.3. The summed E-state index contributed by atoms with van der Waals surface area (Å²) in [6.07, 6.45) is -4.54. The lowest BCUT2D eigenvalue weighted by atomic mass is 10.1. The first-order valence-electron chi connectivity index (χ1n) is 4.29. The van der Waals surface area contributed by atoms with Crippen LogP contribution < -0.4 is 16.2 Å². The number of carbonyl (C=O) groups excluding carboxylic acids is 1. The third-order valence-corrected chi connectivity index (χ3v) is 1.99. The van der Waals surface area contributed by atoms with Gasteiger partial charge in [0.1, 0.15) is 0 Å². The van der Waals surface area contributed by atoms with E-state index in [1.165, 1.54) is 6.07 Å². The maximum Gasteiger partial charge on any atom is 0.422 e. The molecule has 4 N–H and O–H groups in total. The molecule has 1 amide bonds. The molecule has 0 fully saturated rings. The Morgan fingerprint density at radius 3 is 2.47 bits per heavy atom. The molecule has 0 unspecified atom stereocenters. The molecular weight excluding hydrogens is 261 g/mol. The fourth-order valence-corrected chi connectivity index (χ4v) is 1.38. The van der Waals surface area contributed by atoms with Gasteiger partial charge in [-0.15, -0.1) is 0 Å². The second-order valence-corrected chi connectivity index (χ2v) is 3.55. The van der Waals surface area contributed by atoms with E-state index < -0.39 is 24.4 Å². The molecule has 0 aliphatic carbocycles. The smallest absolute Gasteiger partial charge is 0.422 e. The van der Waals surface area contributed by atoms with Gasteiger partial charge in [-0.3, -0.25) is 4.79 Å². The molecule has 0 aliphatic heterocycles. The van der Waals surface area contributed by atoms with E-state index in [-0.39, 0.29) is 16.3 Å². The third-order valence-electron chi connectivity index (χ3n) is 1.71. The summed E-state index contributed by atoms with van der Waals surface area (Å²) in [6.45, 7) is -1.57. The number of benzene rings is 1. The van der Waals surface area contributed by atoms with Crippen LogP contribution in [0.25, 0.3) is 0 Å². The molecule has 0 bridgehead atoms. The fourth-order valence-electron chi connectivity index (χ4n) is 1.10. The minimum atomic E-state index is -4.54. The Bertz CT molecular complexity index is 449. The first-order valence-corrected chi connectivity index (χ1v) is 4.67. The zero-order valence-corrected chi connectivity index (χ0v) is 9.10. The summed E-state index contributed by atoms with van der Waals surface area (Å²) >= 11 is 5.63. The molecule has 0 aromatic heterocycles. The van der Waals surface area contributed by atoms with Crippen LogP contribution in [-0.2, 0) is 0 Å². The van der Waals surface area contributed by atoms with Gasteiger partial charge in [0.15, 0.2) is 12.4 Å². The van der Waals surface area contributed by atoms with E-state index in [2.05, 4.69) is 4.74 Å². The standard InChI is InChI=1S/C9H8ClF3N2O2/c10-6-2-4(14)1-5(8(15)16)7(6)17-3-9(11,12)13/h1-2H,3,14H2,(H2,15,16). The Kier molecular flexibility index (Phi) is 3.72. The van der Waals surface area contributed by atoms with Crippen molar-refractivity contribution < 1.29 is 22.7 Å². The molecule has 0 radical (unpaired) electrons. The van der Waals surface area contributed by atoms with E-state index in [4.69, 9.17) is 23.1 Å². The number of hydrogen-bond donors (Lipinski definition) is 2. The lowest BCUT2D eigenvalue weighted by Gasteiger charge is -2.13. The van der Waals surface area contributed by atoms with E-state index in [0.717, 1.165) is 6.07 Å². The predicted octanol–water partition coefficient (Wildman–Crippen LogP) is 1.96. The van der Waals surface area contributed by atoms with Crippen molar-refractivity contribution in [1.82, 2.24) is 0 Å². The maximum atomic E-state index is 12.0. The highest BCUT2D eigenvalue weighted by Crippen LogP contribution is 2.32. The zero-order valence-electron chi connectivity index (χ0n) is 8.34. The van der Waals surface area contributed by atoms with Gasteiger partial charge in [-0.05, 0) is 12.1 Å². The molecule has 1 aromatic carbocycles.